The van der Waals surface area contributed by atoms with Gasteiger partial charge in [0.2, 0.25) is 0 Å². The van der Waals surface area contributed by atoms with Gasteiger partial charge in [0.1, 0.15) is 21.5 Å². The van der Waals surface area contributed by atoms with Gasteiger partial charge in [-0.15, -0.1) is 22.7 Å². The fraction of sp³-hybridized carbons (Fsp3) is 0.167. The van der Waals surface area contributed by atoms with Crippen LogP contribution in [0.25, 0.3) is 41.6 Å². The van der Waals surface area contributed by atoms with E-state index in [0.717, 1.165) is 53.1 Å². The summed E-state index contributed by atoms with van der Waals surface area (Å²) in [5.41, 5.74) is 4.23. The highest BCUT2D eigenvalue weighted by Gasteiger charge is 2.12. The Bertz CT molecular complexity index is 1160. The standard InChI is InChI=1S/C24H20N2O2S2/c1-3-27-17-9-5-15(6-10-17)23-25-19-13-22-20(14-21(19)29-23)26-24(30-22)16-7-11-18(12-8-16)28-4-2/h5-14H,3-4H2,1-2H3. The zero-order valence-corrected chi connectivity index (χ0v) is 18.3. The first-order valence-electron chi connectivity index (χ1n) is 9.91. The molecule has 0 unspecified atom stereocenters. The molecule has 0 aliphatic carbocycles. The van der Waals surface area contributed by atoms with Crippen molar-refractivity contribution < 1.29 is 9.47 Å². The predicted octanol–water partition coefficient (Wildman–Crippen LogP) is 7.04. The van der Waals surface area contributed by atoms with Gasteiger partial charge in [0.05, 0.1) is 33.6 Å². The third kappa shape index (κ3) is 3.64. The van der Waals surface area contributed by atoms with Crippen molar-refractivity contribution in [2.75, 3.05) is 13.2 Å². The van der Waals surface area contributed by atoms with E-state index in [9.17, 15) is 0 Å². The van der Waals surface area contributed by atoms with Crippen LogP contribution < -0.4 is 9.47 Å². The molecule has 2 heterocycles. The highest BCUT2D eigenvalue weighted by atomic mass is 32.1. The molecule has 0 saturated heterocycles. The molecule has 0 spiro atoms. The summed E-state index contributed by atoms with van der Waals surface area (Å²) in [6.45, 7) is 5.32. The Balaban J connectivity index is 1.47. The Morgan fingerprint density at radius 1 is 0.633 bits per heavy atom. The van der Waals surface area contributed by atoms with E-state index in [1.54, 1.807) is 22.7 Å². The number of thiazole rings is 2. The molecule has 0 bridgehead atoms. The monoisotopic (exact) mass is 432 g/mol. The molecule has 2 aromatic heterocycles. The van der Waals surface area contributed by atoms with Crippen molar-refractivity contribution >= 4 is 43.1 Å². The summed E-state index contributed by atoms with van der Waals surface area (Å²) in [6, 6.07) is 20.5. The van der Waals surface area contributed by atoms with E-state index < -0.39 is 0 Å². The minimum absolute atomic E-state index is 0.670. The lowest BCUT2D eigenvalue weighted by Gasteiger charge is -2.02. The first-order valence-corrected chi connectivity index (χ1v) is 11.5. The van der Waals surface area contributed by atoms with Crippen LogP contribution in [0, 0.1) is 0 Å². The van der Waals surface area contributed by atoms with Gasteiger partial charge in [0, 0.05) is 11.1 Å². The highest BCUT2D eigenvalue weighted by Crippen LogP contribution is 2.37. The summed E-state index contributed by atoms with van der Waals surface area (Å²) in [5.74, 6) is 1.77. The molecule has 0 amide bonds. The molecule has 0 aliphatic rings. The van der Waals surface area contributed by atoms with Gasteiger partial charge in [-0.1, -0.05) is 0 Å². The molecule has 0 N–H and O–H groups in total. The number of hydrogen-bond donors (Lipinski definition) is 0. The van der Waals surface area contributed by atoms with Gasteiger partial charge in [-0.3, -0.25) is 0 Å². The third-order valence-electron chi connectivity index (χ3n) is 4.72. The molecule has 4 nitrogen and oxygen atoms in total. The first kappa shape index (κ1) is 19.0. The Morgan fingerprint density at radius 3 is 1.40 bits per heavy atom. The van der Waals surface area contributed by atoms with Crippen LogP contribution in [0.15, 0.2) is 60.7 Å². The molecule has 0 saturated carbocycles. The number of benzene rings is 3. The number of fused-ring (bicyclic) bond motifs is 2. The maximum atomic E-state index is 5.53. The molecule has 6 heteroatoms. The Kier molecular flexibility index (Phi) is 5.11. The summed E-state index contributed by atoms with van der Waals surface area (Å²) in [5, 5.41) is 2.02. The summed E-state index contributed by atoms with van der Waals surface area (Å²) in [7, 11) is 0. The third-order valence-corrected chi connectivity index (χ3v) is 6.86. The fourth-order valence-electron chi connectivity index (χ4n) is 3.32. The largest absolute Gasteiger partial charge is 0.494 e. The molecular weight excluding hydrogens is 412 g/mol. The van der Waals surface area contributed by atoms with Crippen LogP contribution in [0.1, 0.15) is 13.8 Å². The van der Waals surface area contributed by atoms with Crippen molar-refractivity contribution in [1.29, 1.82) is 0 Å². The van der Waals surface area contributed by atoms with Crippen molar-refractivity contribution in [3.8, 4) is 32.6 Å². The van der Waals surface area contributed by atoms with Crippen molar-refractivity contribution in [3.05, 3.63) is 60.7 Å². The maximum Gasteiger partial charge on any atom is 0.124 e. The summed E-state index contributed by atoms with van der Waals surface area (Å²) < 4.78 is 13.4. The zero-order chi connectivity index (χ0) is 20.5. The van der Waals surface area contributed by atoms with E-state index in [4.69, 9.17) is 19.4 Å². The second-order valence-corrected chi connectivity index (χ2v) is 8.80. The van der Waals surface area contributed by atoms with E-state index in [0.29, 0.717) is 13.2 Å². The van der Waals surface area contributed by atoms with Crippen LogP contribution in [-0.2, 0) is 0 Å². The smallest absolute Gasteiger partial charge is 0.124 e. The van der Waals surface area contributed by atoms with E-state index in [1.165, 1.54) is 0 Å². The molecule has 30 heavy (non-hydrogen) atoms. The number of aromatic nitrogens is 2. The quantitative estimate of drug-likeness (QED) is 0.289. The van der Waals surface area contributed by atoms with E-state index in [-0.39, 0.29) is 0 Å². The Hall–Kier alpha value is -2.96. The molecule has 0 atom stereocenters. The fourth-order valence-corrected chi connectivity index (χ4v) is 5.29. The summed E-state index contributed by atoms with van der Waals surface area (Å²) >= 11 is 3.39. The second-order valence-electron chi connectivity index (χ2n) is 6.74. The summed E-state index contributed by atoms with van der Waals surface area (Å²) in [4.78, 5) is 9.73. The molecule has 150 valence electrons. The molecule has 0 fully saturated rings. The van der Waals surface area contributed by atoms with Crippen LogP contribution in [0.4, 0.5) is 0 Å². The van der Waals surface area contributed by atoms with Crippen LogP contribution in [0.5, 0.6) is 11.5 Å². The molecule has 3 aromatic carbocycles. The average molecular weight is 433 g/mol. The second kappa shape index (κ2) is 8.05. The van der Waals surface area contributed by atoms with Gasteiger partial charge in [-0.2, -0.15) is 0 Å². The SMILES string of the molecule is CCOc1ccc(-c2nc3cc4sc(-c5ccc(OCC)cc5)nc4cc3s2)cc1. The molecule has 0 aliphatic heterocycles. The predicted molar refractivity (Wildman–Crippen MR) is 126 cm³/mol. The van der Waals surface area contributed by atoms with Gasteiger partial charge < -0.3 is 9.47 Å². The van der Waals surface area contributed by atoms with Crippen LogP contribution in [0.2, 0.25) is 0 Å². The highest BCUT2D eigenvalue weighted by molar-refractivity contribution is 7.23. The van der Waals surface area contributed by atoms with Crippen LogP contribution in [-0.4, -0.2) is 23.2 Å². The van der Waals surface area contributed by atoms with Crippen LogP contribution in [0.3, 0.4) is 0 Å². The minimum Gasteiger partial charge on any atom is -0.494 e. The normalized spacial score (nSPS) is 11.3. The number of hydrogen-bond acceptors (Lipinski definition) is 6. The van der Waals surface area contributed by atoms with E-state index >= 15 is 0 Å². The number of nitrogens with zero attached hydrogens (tertiary/aromatic N) is 2. The minimum atomic E-state index is 0.670. The molecular formula is C24H20N2O2S2. The Morgan fingerprint density at radius 2 is 1.03 bits per heavy atom. The van der Waals surface area contributed by atoms with E-state index in [1.807, 2.05) is 38.1 Å². The lowest BCUT2D eigenvalue weighted by Crippen LogP contribution is -1.90. The first-order chi connectivity index (χ1) is 14.7. The van der Waals surface area contributed by atoms with Gasteiger partial charge in [0.25, 0.3) is 0 Å². The lowest BCUT2D eigenvalue weighted by molar-refractivity contribution is 0.340. The van der Waals surface area contributed by atoms with Gasteiger partial charge >= 0.3 is 0 Å². The topological polar surface area (TPSA) is 44.2 Å². The van der Waals surface area contributed by atoms with Crippen molar-refractivity contribution in [2.45, 2.75) is 13.8 Å². The van der Waals surface area contributed by atoms with Crippen LogP contribution >= 0.6 is 22.7 Å². The van der Waals surface area contributed by atoms with E-state index in [2.05, 4.69) is 36.4 Å². The molecule has 5 rings (SSSR count). The average Bonchev–Trinajstić information content (AvgIpc) is 3.36. The zero-order valence-electron chi connectivity index (χ0n) is 16.7. The van der Waals surface area contributed by atoms with Gasteiger partial charge in [-0.05, 0) is 74.5 Å². The summed E-state index contributed by atoms with van der Waals surface area (Å²) in [6.07, 6.45) is 0. The molecule has 0 radical (unpaired) electrons. The lowest BCUT2D eigenvalue weighted by atomic mass is 10.2. The maximum absolute atomic E-state index is 5.53. The van der Waals surface area contributed by atoms with Gasteiger partial charge in [-0.25, -0.2) is 9.97 Å². The van der Waals surface area contributed by atoms with Crippen molar-refractivity contribution in [2.24, 2.45) is 0 Å². The van der Waals surface area contributed by atoms with Gasteiger partial charge in [0.15, 0.2) is 0 Å². The van der Waals surface area contributed by atoms with Crippen molar-refractivity contribution in [1.82, 2.24) is 9.97 Å². The number of ether oxygens (including phenoxy) is 2. The number of rotatable bonds is 6. The molecule has 5 aromatic rings. The van der Waals surface area contributed by atoms with Crippen molar-refractivity contribution in [3.63, 3.8) is 0 Å². The Labute approximate surface area is 182 Å².